The van der Waals surface area contributed by atoms with Crippen LogP contribution in [-0.2, 0) is 0 Å². The van der Waals surface area contributed by atoms with E-state index in [9.17, 15) is 0 Å². The van der Waals surface area contributed by atoms with Crippen LogP contribution in [0.3, 0.4) is 0 Å². The fourth-order valence-corrected chi connectivity index (χ4v) is 1.66. The third kappa shape index (κ3) is 3.32. The molecule has 0 aromatic carbocycles. The molecule has 3 nitrogen and oxygen atoms in total. The summed E-state index contributed by atoms with van der Waals surface area (Å²) in [5.41, 5.74) is 6.75. The van der Waals surface area contributed by atoms with Gasteiger partial charge in [0.15, 0.2) is 5.13 Å². The van der Waals surface area contributed by atoms with Crippen molar-refractivity contribution in [1.82, 2.24) is 4.98 Å². The topological polar surface area (TPSA) is 50.9 Å². The lowest BCUT2D eigenvalue weighted by molar-refractivity contribution is 0.549. The number of anilines is 1. The Hall–Kier alpha value is -0.610. The molecule has 4 heteroatoms. The van der Waals surface area contributed by atoms with Gasteiger partial charge in [-0.3, -0.25) is 0 Å². The van der Waals surface area contributed by atoms with Gasteiger partial charge < -0.3 is 11.1 Å². The van der Waals surface area contributed by atoms with Crippen molar-refractivity contribution in [3.8, 4) is 0 Å². The highest BCUT2D eigenvalue weighted by molar-refractivity contribution is 7.15. The van der Waals surface area contributed by atoms with E-state index in [0.717, 1.165) is 17.4 Å². The van der Waals surface area contributed by atoms with Crippen LogP contribution in [0.5, 0.6) is 0 Å². The Morgan fingerprint density at radius 3 is 2.46 bits per heavy atom. The van der Waals surface area contributed by atoms with Gasteiger partial charge in [0, 0.05) is 17.0 Å². The lowest BCUT2D eigenvalue weighted by Gasteiger charge is -2.18. The quantitative estimate of drug-likeness (QED) is 0.782. The molecular weight excluding hydrogens is 182 g/mol. The highest BCUT2D eigenvalue weighted by Gasteiger charge is 2.11. The van der Waals surface area contributed by atoms with E-state index in [1.54, 1.807) is 11.3 Å². The van der Waals surface area contributed by atoms with E-state index in [2.05, 4.69) is 17.2 Å². The molecule has 1 aromatic rings. The van der Waals surface area contributed by atoms with Gasteiger partial charge in [-0.05, 0) is 27.7 Å². The van der Waals surface area contributed by atoms with E-state index < -0.39 is 0 Å². The molecule has 1 heterocycles. The van der Waals surface area contributed by atoms with E-state index in [4.69, 9.17) is 5.73 Å². The van der Waals surface area contributed by atoms with Gasteiger partial charge in [-0.25, -0.2) is 4.98 Å². The van der Waals surface area contributed by atoms with Crippen molar-refractivity contribution in [2.24, 2.45) is 5.73 Å². The number of aromatic nitrogens is 1. The first kappa shape index (κ1) is 10.5. The zero-order valence-corrected chi connectivity index (χ0v) is 9.46. The maximum atomic E-state index is 5.84. The first-order valence-corrected chi connectivity index (χ1v) is 5.17. The van der Waals surface area contributed by atoms with Gasteiger partial charge in [-0.15, -0.1) is 11.3 Å². The predicted molar refractivity (Wildman–Crippen MR) is 58.3 cm³/mol. The van der Waals surface area contributed by atoms with Gasteiger partial charge in [0.25, 0.3) is 0 Å². The van der Waals surface area contributed by atoms with Gasteiger partial charge in [0.05, 0.1) is 5.69 Å². The smallest absolute Gasteiger partial charge is 0.183 e. The van der Waals surface area contributed by atoms with Crippen LogP contribution in [-0.4, -0.2) is 17.1 Å². The molecule has 1 rings (SSSR count). The molecule has 0 bridgehead atoms. The van der Waals surface area contributed by atoms with Crippen LogP contribution in [0.25, 0.3) is 0 Å². The predicted octanol–water partition coefficient (Wildman–Crippen LogP) is 1.91. The van der Waals surface area contributed by atoms with Crippen molar-refractivity contribution in [2.75, 3.05) is 11.9 Å². The fourth-order valence-electron chi connectivity index (χ4n) is 0.852. The van der Waals surface area contributed by atoms with Crippen molar-refractivity contribution in [3.63, 3.8) is 0 Å². The molecule has 0 aliphatic carbocycles. The summed E-state index contributed by atoms with van der Waals surface area (Å²) in [6.45, 7) is 8.83. The third-order valence-corrected chi connectivity index (χ3v) is 2.75. The van der Waals surface area contributed by atoms with Crippen LogP contribution >= 0.6 is 11.3 Å². The fraction of sp³-hybridized carbons (Fsp3) is 0.667. The second-order valence-electron chi connectivity index (χ2n) is 4.00. The molecule has 1 aromatic heterocycles. The third-order valence-electron chi connectivity index (χ3n) is 1.72. The lowest BCUT2D eigenvalue weighted by atomic mass is 10.1. The van der Waals surface area contributed by atoms with Gasteiger partial charge in [0.2, 0.25) is 0 Å². The molecule has 0 saturated carbocycles. The van der Waals surface area contributed by atoms with Gasteiger partial charge in [-0.2, -0.15) is 0 Å². The van der Waals surface area contributed by atoms with Gasteiger partial charge in [0.1, 0.15) is 0 Å². The Balaban J connectivity index is 2.56. The summed E-state index contributed by atoms with van der Waals surface area (Å²) >= 11 is 1.68. The Morgan fingerprint density at radius 2 is 2.08 bits per heavy atom. The zero-order valence-electron chi connectivity index (χ0n) is 8.64. The van der Waals surface area contributed by atoms with E-state index >= 15 is 0 Å². The van der Waals surface area contributed by atoms with Crippen LogP contribution in [0.4, 0.5) is 5.13 Å². The number of nitrogens with two attached hydrogens (primary N) is 1. The SMILES string of the molecule is Cc1nc(NCC(C)(C)N)sc1C. The first-order chi connectivity index (χ1) is 5.88. The molecule has 0 fully saturated rings. The van der Waals surface area contributed by atoms with E-state index in [1.807, 2.05) is 20.8 Å². The van der Waals surface area contributed by atoms with Gasteiger partial charge >= 0.3 is 0 Å². The number of aryl methyl sites for hydroxylation is 2. The highest BCUT2D eigenvalue weighted by atomic mass is 32.1. The van der Waals surface area contributed by atoms with Crippen LogP contribution < -0.4 is 11.1 Å². The minimum Gasteiger partial charge on any atom is -0.360 e. The number of nitrogens with zero attached hydrogens (tertiary/aromatic N) is 1. The maximum Gasteiger partial charge on any atom is 0.183 e. The van der Waals surface area contributed by atoms with Crippen LogP contribution in [0.1, 0.15) is 24.4 Å². The van der Waals surface area contributed by atoms with Gasteiger partial charge in [-0.1, -0.05) is 0 Å². The van der Waals surface area contributed by atoms with E-state index in [0.29, 0.717) is 0 Å². The molecule has 0 radical (unpaired) electrons. The van der Waals surface area contributed by atoms with Crippen LogP contribution in [0.15, 0.2) is 0 Å². The largest absolute Gasteiger partial charge is 0.360 e. The maximum absolute atomic E-state index is 5.84. The number of hydrogen-bond donors (Lipinski definition) is 2. The van der Waals surface area contributed by atoms with Crippen molar-refractivity contribution >= 4 is 16.5 Å². The number of thiazole rings is 1. The summed E-state index contributed by atoms with van der Waals surface area (Å²) in [6.07, 6.45) is 0. The molecular formula is C9H17N3S. The summed E-state index contributed by atoms with van der Waals surface area (Å²) in [7, 11) is 0. The summed E-state index contributed by atoms with van der Waals surface area (Å²) < 4.78 is 0. The molecule has 0 aliphatic heterocycles. The Bertz CT molecular complexity index is 266. The molecule has 0 aliphatic rings. The number of rotatable bonds is 3. The summed E-state index contributed by atoms with van der Waals surface area (Å²) in [5.74, 6) is 0. The Kier molecular flexibility index (Phi) is 2.93. The molecule has 13 heavy (non-hydrogen) atoms. The zero-order chi connectivity index (χ0) is 10.1. The number of nitrogens with one attached hydrogen (secondary N) is 1. The average molecular weight is 199 g/mol. The summed E-state index contributed by atoms with van der Waals surface area (Å²) in [5, 5.41) is 4.19. The second-order valence-corrected chi connectivity index (χ2v) is 5.21. The van der Waals surface area contributed by atoms with Crippen LogP contribution in [0.2, 0.25) is 0 Å². The molecule has 3 N–H and O–H groups in total. The molecule has 0 atom stereocenters. The lowest BCUT2D eigenvalue weighted by Crippen LogP contribution is -2.39. The Labute approximate surface area is 83.4 Å². The van der Waals surface area contributed by atoms with Crippen molar-refractivity contribution in [1.29, 1.82) is 0 Å². The first-order valence-electron chi connectivity index (χ1n) is 4.35. The van der Waals surface area contributed by atoms with Crippen molar-refractivity contribution in [3.05, 3.63) is 10.6 Å². The summed E-state index contributed by atoms with van der Waals surface area (Å²) in [6, 6.07) is 0. The number of hydrogen-bond acceptors (Lipinski definition) is 4. The Morgan fingerprint density at radius 1 is 1.46 bits per heavy atom. The average Bonchev–Trinajstić information content (AvgIpc) is 2.27. The van der Waals surface area contributed by atoms with E-state index in [1.165, 1.54) is 4.88 Å². The molecule has 0 unspecified atom stereocenters. The molecule has 74 valence electrons. The van der Waals surface area contributed by atoms with Crippen molar-refractivity contribution in [2.45, 2.75) is 33.2 Å². The minimum absolute atomic E-state index is 0.187. The molecule has 0 saturated heterocycles. The second kappa shape index (κ2) is 3.64. The highest BCUT2D eigenvalue weighted by Crippen LogP contribution is 2.21. The molecule has 0 amide bonds. The van der Waals surface area contributed by atoms with E-state index in [-0.39, 0.29) is 5.54 Å². The normalized spacial score (nSPS) is 11.8. The minimum atomic E-state index is -0.187. The monoisotopic (exact) mass is 199 g/mol. The standard InChI is InChI=1S/C9H17N3S/c1-6-7(2)13-8(12-6)11-5-9(3,4)10/h5,10H2,1-4H3,(H,11,12). The summed E-state index contributed by atoms with van der Waals surface area (Å²) in [4.78, 5) is 5.63. The van der Waals surface area contributed by atoms with Crippen LogP contribution in [0, 0.1) is 13.8 Å². The van der Waals surface area contributed by atoms with Crippen molar-refractivity contribution < 1.29 is 0 Å². The molecule has 0 spiro atoms.